The second-order valence-corrected chi connectivity index (χ2v) is 20.8. The molecule has 0 amide bonds. The zero-order valence-corrected chi connectivity index (χ0v) is 46.3. The monoisotopic (exact) mass is 1120 g/mol. The summed E-state index contributed by atoms with van der Waals surface area (Å²) < 4.78 is 4.47. The predicted molar refractivity (Wildman–Crippen MR) is 344 cm³/mol. The summed E-state index contributed by atoms with van der Waals surface area (Å²) in [7, 11) is 0. The van der Waals surface area contributed by atoms with Gasteiger partial charge in [0.1, 0.15) is 0 Å². The first-order valence-electron chi connectivity index (χ1n) is 27.7. The molecule has 0 radical (unpaired) electrons. The van der Waals surface area contributed by atoms with Crippen LogP contribution < -0.4 is 0 Å². The van der Waals surface area contributed by atoms with E-state index in [9.17, 15) is 21.0 Å². The number of hydrogen-bond donors (Lipinski definition) is 0. The molecule has 12 heteroatoms. The van der Waals surface area contributed by atoms with E-state index in [0.29, 0.717) is 50.9 Å². The molecule has 3 heterocycles. The van der Waals surface area contributed by atoms with E-state index < -0.39 is 0 Å². The molecule has 402 valence electrons. The first kappa shape index (κ1) is 52.5. The Morgan fingerprint density at radius 2 is 0.761 bits per heavy atom. The zero-order chi connectivity index (χ0) is 60.0. The predicted octanol–water partition coefficient (Wildman–Crippen LogP) is 18.9. The van der Waals surface area contributed by atoms with Crippen LogP contribution in [0.3, 0.4) is 0 Å². The maximum Gasteiger partial charge on any atom is 0.197 e. The Kier molecular flexibility index (Phi) is 12.9. The van der Waals surface area contributed by atoms with Crippen molar-refractivity contribution in [3.05, 3.63) is 287 Å². The van der Waals surface area contributed by atoms with Crippen LogP contribution in [-0.4, -0.2) is 24.1 Å². The molecule has 0 bridgehead atoms. The maximum atomic E-state index is 10.5. The zero-order valence-electron chi connectivity index (χ0n) is 46.3. The third kappa shape index (κ3) is 8.85. The third-order valence-corrected chi connectivity index (χ3v) is 15.9. The molecule has 14 aromatic rings. The normalized spacial score (nSPS) is 10.9. The van der Waals surface area contributed by atoms with Gasteiger partial charge in [-0.3, -0.25) is 0 Å². The molecule has 14 rings (SSSR count). The van der Waals surface area contributed by atoms with Crippen LogP contribution in [-0.2, 0) is 0 Å². The number of rotatable bonds is 9. The Bertz CT molecular complexity index is 5480. The molecule has 12 nitrogen and oxygen atoms in total. The van der Waals surface area contributed by atoms with Gasteiger partial charge in [-0.15, -0.1) is 0 Å². The Morgan fingerprint density at radius 1 is 0.318 bits per heavy atom. The van der Waals surface area contributed by atoms with Gasteiger partial charge < -0.3 is 9.13 Å². The lowest BCUT2D eigenvalue weighted by Gasteiger charge is -2.21. The average molecular weight is 1120 g/mol. The van der Waals surface area contributed by atoms with E-state index in [2.05, 4.69) is 103 Å². The van der Waals surface area contributed by atoms with Crippen molar-refractivity contribution in [3.8, 4) is 114 Å². The number of para-hydroxylation sites is 2. The van der Waals surface area contributed by atoms with E-state index in [4.69, 9.17) is 34.7 Å². The first-order valence-corrected chi connectivity index (χ1v) is 27.7. The van der Waals surface area contributed by atoms with E-state index in [0.717, 1.165) is 88.4 Å². The molecule has 0 aliphatic rings. The largest absolute Gasteiger partial charge is 0.309 e. The fraction of sp³-hybridized carbons (Fsp3) is 0. The van der Waals surface area contributed by atoms with Crippen molar-refractivity contribution in [2.45, 2.75) is 0 Å². The van der Waals surface area contributed by atoms with Crippen LogP contribution in [0.4, 0.5) is 17.1 Å². The lowest BCUT2D eigenvalue weighted by atomic mass is 9.93. The van der Waals surface area contributed by atoms with E-state index in [1.165, 1.54) is 24.3 Å². The van der Waals surface area contributed by atoms with Gasteiger partial charge in [0, 0.05) is 71.6 Å². The van der Waals surface area contributed by atoms with Gasteiger partial charge in [0.15, 0.2) is 34.5 Å². The van der Waals surface area contributed by atoms with Crippen LogP contribution in [0.15, 0.2) is 231 Å². The molecule has 0 unspecified atom stereocenters. The van der Waals surface area contributed by atoms with E-state index in [-0.39, 0.29) is 33.8 Å². The third-order valence-electron chi connectivity index (χ3n) is 15.9. The highest BCUT2D eigenvalue weighted by atomic mass is 15.0. The molecule has 0 saturated carbocycles. The van der Waals surface area contributed by atoms with Crippen molar-refractivity contribution >= 4 is 60.7 Å². The topological polar surface area (TPSA) is 157 Å². The molecule has 0 aliphatic carbocycles. The fourth-order valence-corrected chi connectivity index (χ4v) is 12.0. The molecular weight excluding hydrogens is 1080 g/mol. The van der Waals surface area contributed by atoms with Gasteiger partial charge in [-0.1, -0.05) is 133 Å². The number of aromatic nitrogens is 5. The highest BCUT2D eigenvalue weighted by molar-refractivity contribution is 6.13. The summed E-state index contributed by atoms with van der Waals surface area (Å²) in [4.78, 5) is 26.7. The van der Waals surface area contributed by atoms with Gasteiger partial charge in [-0.25, -0.2) is 29.5 Å². The van der Waals surface area contributed by atoms with Crippen molar-refractivity contribution in [2.75, 3.05) is 0 Å². The highest BCUT2D eigenvalue weighted by Gasteiger charge is 2.25. The van der Waals surface area contributed by atoms with Gasteiger partial charge in [-0.2, -0.15) is 21.0 Å². The number of hydrogen-bond acceptors (Lipinski definition) is 7. The van der Waals surface area contributed by atoms with Gasteiger partial charge in [0.05, 0.1) is 88.6 Å². The average Bonchev–Trinajstić information content (AvgIpc) is 1.59. The van der Waals surface area contributed by atoms with Crippen molar-refractivity contribution in [1.29, 1.82) is 21.0 Å². The quantitative estimate of drug-likeness (QED) is 0.130. The molecule has 0 saturated heterocycles. The molecule has 3 aromatic heterocycles. The van der Waals surface area contributed by atoms with Crippen LogP contribution in [0.2, 0.25) is 0 Å². The van der Waals surface area contributed by atoms with Gasteiger partial charge >= 0.3 is 0 Å². The first-order chi connectivity index (χ1) is 43.3. The van der Waals surface area contributed by atoms with E-state index in [1.807, 2.05) is 146 Å². The maximum absolute atomic E-state index is 10.5. The van der Waals surface area contributed by atoms with Crippen LogP contribution in [0, 0.1) is 65.0 Å². The minimum atomic E-state index is 0.199. The minimum Gasteiger partial charge on any atom is -0.309 e. The van der Waals surface area contributed by atoms with Crippen LogP contribution in [0.25, 0.3) is 148 Å². The number of nitrogens with zero attached hydrogens (tertiary/aromatic N) is 12. The standard InChI is InChI=1S/C76H38N12/c1-81-57-36-56(45-80)73(65(41-57)83-3)53-27-31-68-61(39-53)59-22-10-12-23-66(59)87(68)70-29-25-51(50-20-14-15-46(33-50)42-77)37-62(70)63-40-54(76-85-74(48-16-6-4-7-17-48)84-75(86-76)49-18-8-5-9-19-49)28-32-71(63)88-67-24-13-11-21-58(67)60-38-52(26-30-69(60)88)72-55(44-79)34-47(43-78)35-64(72)82-2/h4-41H. The van der Waals surface area contributed by atoms with Crippen molar-refractivity contribution < 1.29 is 0 Å². The molecule has 88 heavy (non-hydrogen) atoms. The van der Waals surface area contributed by atoms with Crippen molar-refractivity contribution in [1.82, 2.24) is 24.1 Å². The Hall–Kier alpha value is -13.5. The Morgan fingerprint density at radius 3 is 1.28 bits per heavy atom. The van der Waals surface area contributed by atoms with Gasteiger partial charge in [0.25, 0.3) is 0 Å². The number of benzene rings is 11. The van der Waals surface area contributed by atoms with Gasteiger partial charge in [0.2, 0.25) is 0 Å². The summed E-state index contributed by atoms with van der Waals surface area (Å²) in [6.07, 6.45) is 0. The second-order valence-electron chi connectivity index (χ2n) is 20.8. The lowest BCUT2D eigenvalue weighted by Crippen LogP contribution is -2.04. The molecule has 0 fully saturated rings. The molecule has 0 spiro atoms. The fourth-order valence-electron chi connectivity index (χ4n) is 12.0. The summed E-state index contributed by atoms with van der Waals surface area (Å²) >= 11 is 0. The van der Waals surface area contributed by atoms with Crippen LogP contribution >= 0.6 is 0 Å². The minimum absolute atomic E-state index is 0.199. The van der Waals surface area contributed by atoms with Gasteiger partial charge in [-0.05, 0) is 119 Å². The lowest BCUT2D eigenvalue weighted by molar-refractivity contribution is 1.07. The van der Waals surface area contributed by atoms with Crippen molar-refractivity contribution in [3.63, 3.8) is 0 Å². The van der Waals surface area contributed by atoms with Crippen molar-refractivity contribution in [2.24, 2.45) is 0 Å². The second kappa shape index (κ2) is 21.7. The summed E-state index contributed by atoms with van der Waals surface area (Å²) in [6.45, 7) is 24.0. The Balaban J connectivity index is 1.09. The molecule has 11 aromatic carbocycles. The summed E-state index contributed by atoms with van der Waals surface area (Å²) in [6, 6.07) is 83.0. The molecule has 0 atom stereocenters. The number of nitriles is 4. The highest BCUT2D eigenvalue weighted by Crippen LogP contribution is 2.47. The number of fused-ring (bicyclic) bond motifs is 6. The van der Waals surface area contributed by atoms with E-state index >= 15 is 0 Å². The molecule has 0 N–H and O–H groups in total. The molecule has 0 aliphatic heterocycles. The smallest absolute Gasteiger partial charge is 0.197 e. The SMILES string of the molecule is [C-]#[N+]c1cc(C#N)c(-c2ccc3c(c2)c2ccccc2n3-c2ccc(-c3cccc(C#N)c3)cc2-c2cc(-c3nc(-c4ccccc4)nc(-c4ccccc4)n3)ccc2-n2c3ccccc3c3cc(-c4c(C#N)cc(C#N)cc4[N+]#[C-])ccc32)c([N+]#[C-])c1. The van der Waals surface area contributed by atoms with Crippen LogP contribution in [0.5, 0.6) is 0 Å². The summed E-state index contributed by atoms with van der Waals surface area (Å²) in [5, 5.41) is 44.6. The Labute approximate surface area is 504 Å². The summed E-state index contributed by atoms with van der Waals surface area (Å²) in [5.41, 5.74) is 14.5. The van der Waals surface area contributed by atoms with Crippen LogP contribution in [0.1, 0.15) is 22.3 Å². The molecular formula is C76H38N12. The van der Waals surface area contributed by atoms with E-state index in [1.54, 1.807) is 6.07 Å². The summed E-state index contributed by atoms with van der Waals surface area (Å²) in [5.74, 6) is 1.42.